The molecule has 3 rings (SSSR count). The van der Waals surface area contributed by atoms with E-state index in [1.807, 2.05) is 13.0 Å². The van der Waals surface area contributed by atoms with Crippen molar-refractivity contribution in [2.45, 2.75) is 6.92 Å². The SMILES string of the molecule is Cc1ccc(-c2nc3cc(F)ccc3s2)c(F)c1. The minimum absolute atomic E-state index is 0.297. The van der Waals surface area contributed by atoms with Gasteiger partial charge in [-0.2, -0.15) is 0 Å². The van der Waals surface area contributed by atoms with Gasteiger partial charge in [-0.15, -0.1) is 11.3 Å². The molecule has 0 saturated heterocycles. The van der Waals surface area contributed by atoms with E-state index in [-0.39, 0.29) is 11.6 Å². The third-order valence-corrected chi connectivity index (χ3v) is 3.77. The summed E-state index contributed by atoms with van der Waals surface area (Å²) in [5.41, 5.74) is 1.89. The Balaban J connectivity index is 2.19. The molecule has 0 radical (unpaired) electrons. The second-order valence-corrected chi connectivity index (χ2v) is 5.15. The van der Waals surface area contributed by atoms with Crippen molar-refractivity contribution < 1.29 is 8.78 Å². The fourth-order valence-electron chi connectivity index (χ4n) is 1.81. The molecule has 1 heterocycles. The Labute approximate surface area is 107 Å². The van der Waals surface area contributed by atoms with Crippen LogP contribution >= 0.6 is 11.3 Å². The number of rotatable bonds is 1. The number of fused-ring (bicyclic) bond motifs is 1. The molecule has 0 saturated carbocycles. The van der Waals surface area contributed by atoms with Gasteiger partial charge in [-0.3, -0.25) is 0 Å². The molecule has 1 aromatic heterocycles. The predicted molar refractivity (Wildman–Crippen MR) is 69.7 cm³/mol. The highest BCUT2D eigenvalue weighted by Gasteiger charge is 2.11. The van der Waals surface area contributed by atoms with Crippen molar-refractivity contribution in [1.82, 2.24) is 4.98 Å². The normalized spacial score (nSPS) is 11.1. The first-order valence-electron chi connectivity index (χ1n) is 5.46. The molecule has 18 heavy (non-hydrogen) atoms. The molecule has 4 heteroatoms. The second-order valence-electron chi connectivity index (χ2n) is 4.11. The maximum absolute atomic E-state index is 13.8. The summed E-state index contributed by atoms with van der Waals surface area (Å²) >= 11 is 1.36. The van der Waals surface area contributed by atoms with Gasteiger partial charge in [0.25, 0.3) is 0 Å². The fourth-order valence-corrected chi connectivity index (χ4v) is 2.78. The van der Waals surface area contributed by atoms with E-state index in [0.29, 0.717) is 16.1 Å². The maximum Gasteiger partial charge on any atom is 0.133 e. The molecule has 0 fully saturated rings. The number of nitrogens with zero attached hydrogens (tertiary/aromatic N) is 1. The minimum atomic E-state index is -0.330. The zero-order valence-electron chi connectivity index (χ0n) is 9.58. The number of thiazole rings is 1. The Morgan fingerprint density at radius 3 is 2.67 bits per heavy atom. The van der Waals surface area contributed by atoms with E-state index in [0.717, 1.165) is 10.3 Å². The van der Waals surface area contributed by atoms with Gasteiger partial charge in [0.15, 0.2) is 0 Å². The molecule has 1 nitrogen and oxygen atoms in total. The van der Waals surface area contributed by atoms with Crippen LogP contribution in [0.15, 0.2) is 36.4 Å². The summed E-state index contributed by atoms with van der Waals surface area (Å²) in [6.07, 6.45) is 0. The number of benzene rings is 2. The molecular formula is C14H9F2NS. The van der Waals surface area contributed by atoms with Crippen LogP contribution in [0.1, 0.15) is 5.56 Å². The van der Waals surface area contributed by atoms with E-state index < -0.39 is 0 Å². The number of halogens is 2. The van der Waals surface area contributed by atoms with Crippen molar-refractivity contribution in [3.8, 4) is 10.6 Å². The minimum Gasteiger partial charge on any atom is -0.236 e. The summed E-state index contributed by atoms with van der Waals surface area (Å²) in [5.74, 6) is -0.627. The van der Waals surface area contributed by atoms with Crippen molar-refractivity contribution in [3.63, 3.8) is 0 Å². The van der Waals surface area contributed by atoms with Crippen LogP contribution in [0.5, 0.6) is 0 Å². The van der Waals surface area contributed by atoms with Crippen LogP contribution in [-0.4, -0.2) is 4.98 Å². The lowest BCUT2D eigenvalue weighted by atomic mass is 10.1. The molecule has 0 atom stereocenters. The summed E-state index contributed by atoms with van der Waals surface area (Å²) in [6.45, 7) is 1.83. The standard InChI is InChI=1S/C14H9F2NS/c1-8-2-4-10(11(16)6-8)14-17-12-7-9(15)3-5-13(12)18-14/h2-7H,1H3. The van der Waals surface area contributed by atoms with Gasteiger partial charge in [-0.1, -0.05) is 6.07 Å². The zero-order chi connectivity index (χ0) is 12.7. The molecule has 0 unspecified atom stereocenters. The number of hydrogen-bond acceptors (Lipinski definition) is 2. The Morgan fingerprint density at radius 2 is 1.89 bits per heavy atom. The highest BCUT2D eigenvalue weighted by Crippen LogP contribution is 2.32. The lowest BCUT2D eigenvalue weighted by molar-refractivity contribution is 0.629. The van der Waals surface area contributed by atoms with Crippen molar-refractivity contribution in [2.75, 3.05) is 0 Å². The molecule has 2 aromatic carbocycles. The Hall–Kier alpha value is -1.81. The molecule has 0 aliphatic carbocycles. The lowest BCUT2D eigenvalue weighted by Crippen LogP contribution is -1.84. The van der Waals surface area contributed by atoms with Gasteiger partial charge < -0.3 is 0 Å². The smallest absolute Gasteiger partial charge is 0.133 e. The van der Waals surface area contributed by atoms with Crippen LogP contribution in [0.2, 0.25) is 0 Å². The summed E-state index contributed by atoms with van der Waals surface area (Å²) in [5, 5.41) is 0.577. The van der Waals surface area contributed by atoms with E-state index in [9.17, 15) is 8.78 Å². The maximum atomic E-state index is 13.8. The van der Waals surface area contributed by atoms with E-state index in [1.54, 1.807) is 12.1 Å². The topological polar surface area (TPSA) is 12.9 Å². The van der Waals surface area contributed by atoms with E-state index in [2.05, 4.69) is 4.98 Å². The Bertz CT molecular complexity index is 734. The average Bonchev–Trinajstić information content (AvgIpc) is 2.71. The van der Waals surface area contributed by atoms with Crippen molar-refractivity contribution in [1.29, 1.82) is 0 Å². The van der Waals surface area contributed by atoms with Gasteiger partial charge in [0.2, 0.25) is 0 Å². The van der Waals surface area contributed by atoms with Gasteiger partial charge in [0, 0.05) is 11.6 Å². The zero-order valence-corrected chi connectivity index (χ0v) is 10.4. The van der Waals surface area contributed by atoms with Gasteiger partial charge >= 0.3 is 0 Å². The predicted octanol–water partition coefficient (Wildman–Crippen LogP) is 4.55. The van der Waals surface area contributed by atoms with Crippen LogP contribution in [0.3, 0.4) is 0 Å². The van der Waals surface area contributed by atoms with Crippen molar-refractivity contribution >= 4 is 21.6 Å². The molecule has 3 aromatic rings. The molecule has 90 valence electrons. The summed E-state index contributed by atoms with van der Waals surface area (Å²) in [7, 11) is 0. The first-order chi connectivity index (χ1) is 8.63. The van der Waals surface area contributed by atoms with Gasteiger partial charge in [-0.25, -0.2) is 13.8 Å². The third kappa shape index (κ3) is 1.88. The number of aromatic nitrogens is 1. The first kappa shape index (κ1) is 11.3. The highest BCUT2D eigenvalue weighted by molar-refractivity contribution is 7.21. The monoisotopic (exact) mass is 261 g/mol. The van der Waals surface area contributed by atoms with E-state index in [1.165, 1.54) is 29.5 Å². The number of aryl methyl sites for hydroxylation is 1. The molecular weight excluding hydrogens is 252 g/mol. The van der Waals surface area contributed by atoms with Gasteiger partial charge in [0.1, 0.15) is 16.6 Å². The molecule has 0 aliphatic heterocycles. The quantitative estimate of drug-likeness (QED) is 0.626. The van der Waals surface area contributed by atoms with Crippen LogP contribution in [0.25, 0.3) is 20.8 Å². The van der Waals surface area contributed by atoms with Crippen LogP contribution in [-0.2, 0) is 0 Å². The fraction of sp³-hybridized carbons (Fsp3) is 0.0714. The average molecular weight is 261 g/mol. The summed E-state index contributed by atoms with van der Waals surface area (Å²) < 4.78 is 27.8. The van der Waals surface area contributed by atoms with E-state index in [4.69, 9.17) is 0 Å². The van der Waals surface area contributed by atoms with Crippen LogP contribution in [0.4, 0.5) is 8.78 Å². The van der Waals surface area contributed by atoms with Crippen LogP contribution < -0.4 is 0 Å². The molecule has 0 spiro atoms. The molecule has 0 N–H and O–H groups in total. The van der Waals surface area contributed by atoms with E-state index >= 15 is 0 Å². The summed E-state index contributed by atoms with van der Waals surface area (Å²) in [4.78, 5) is 4.27. The van der Waals surface area contributed by atoms with Crippen molar-refractivity contribution in [3.05, 3.63) is 53.6 Å². The van der Waals surface area contributed by atoms with Crippen LogP contribution in [0, 0.1) is 18.6 Å². The van der Waals surface area contributed by atoms with Gasteiger partial charge in [-0.05, 0) is 36.8 Å². The van der Waals surface area contributed by atoms with Crippen molar-refractivity contribution in [2.24, 2.45) is 0 Å². The highest BCUT2D eigenvalue weighted by atomic mass is 32.1. The summed E-state index contributed by atoms with van der Waals surface area (Å²) in [6, 6.07) is 9.43. The largest absolute Gasteiger partial charge is 0.236 e. The Morgan fingerprint density at radius 1 is 1.06 bits per heavy atom. The number of hydrogen-bond donors (Lipinski definition) is 0. The third-order valence-electron chi connectivity index (χ3n) is 2.70. The van der Waals surface area contributed by atoms with Gasteiger partial charge in [0.05, 0.1) is 10.2 Å². The molecule has 0 aliphatic rings. The second kappa shape index (κ2) is 4.14. The Kier molecular flexibility index (Phi) is 2.59. The first-order valence-corrected chi connectivity index (χ1v) is 6.28. The molecule has 0 amide bonds. The molecule has 0 bridgehead atoms. The lowest BCUT2D eigenvalue weighted by Gasteiger charge is -1.99.